The molecule has 0 bridgehead atoms. The lowest BCUT2D eigenvalue weighted by Gasteiger charge is -2.26. The first-order valence-electron chi connectivity index (χ1n) is 5.25. The summed E-state index contributed by atoms with van der Waals surface area (Å²) in [4.78, 5) is 11.5. The summed E-state index contributed by atoms with van der Waals surface area (Å²) >= 11 is 2.60. The van der Waals surface area contributed by atoms with Crippen LogP contribution in [0.25, 0.3) is 0 Å². The molecule has 0 aliphatic rings. The molecular weight excluding hydrogens is 426 g/mol. The molecule has 0 heterocycles. The standard InChI is InChI=1S/C10H5BrF6O5S/c11-5-3-4(1-2-6(5)12)7(18)22-8(9(13,14)15)10(16,17)23(19,20)21/h1-3,8H,(H,19,20,21). The van der Waals surface area contributed by atoms with Crippen LogP contribution in [-0.4, -0.2) is 36.5 Å². The fraction of sp³-hybridized carbons (Fsp3) is 0.300. The summed E-state index contributed by atoms with van der Waals surface area (Å²) in [6.45, 7) is 0. The molecule has 0 radical (unpaired) electrons. The Balaban J connectivity index is 3.22. The zero-order valence-corrected chi connectivity index (χ0v) is 12.8. The number of rotatable bonds is 4. The van der Waals surface area contributed by atoms with Crippen molar-refractivity contribution < 1.29 is 48.8 Å². The third kappa shape index (κ3) is 4.35. The quantitative estimate of drug-likeness (QED) is 0.450. The van der Waals surface area contributed by atoms with Crippen molar-refractivity contribution in [3.05, 3.63) is 34.1 Å². The zero-order chi connectivity index (χ0) is 18.2. The van der Waals surface area contributed by atoms with E-state index in [0.29, 0.717) is 18.2 Å². The molecule has 0 saturated heterocycles. The molecule has 0 aromatic heterocycles. The number of carbonyl (C=O) groups is 1. The Morgan fingerprint density at radius 2 is 1.74 bits per heavy atom. The molecule has 0 fully saturated rings. The highest BCUT2D eigenvalue weighted by atomic mass is 79.9. The highest BCUT2D eigenvalue weighted by molar-refractivity contribution is 9.10. The van der Waals surface area contributed by atoms with Gasteiger partial charge in [0.05, 0.1) is 10.0 Å². The average Bonchev–Trinajstić information content (AvgIpc) is 2.35. The second-order valence-electron chi connectivity index (χ2n) is 3.99. The number of halogens is 7. The van der Waals surface area contributed by atoms with Crippen LogP contribution in [0.15, 0.2) is 22.7 Å². The first-order valence-corrected chi connectivity index (χ1v) is 7.49. The molecule has 1 rings (SSSR count). The molecule has 0 aliphatic heterocycles. The second kappa shape index (κ2) is 6.28. The van der Waals surface area contributed by atoms with Crippen molar-refractivity contribution in [1.29, 1.82) is 0 Å². The van der Waals surface area contributed by atoms with Gasteiger partial charge in [-0.25, -0.2) is 9.18 Å². The molecule has 1 unspecified atom stereocenters. The maximum atomic E-state index is 13.2. The van der Waals surface area contributed by atoms with Crippen LogP contribution in [0.4, 0.5) is 26.3 Å². The van der Waals surface area contributed by atoms with E-state index in [1.807, 2.05) is 0 Å². The van der Waals surface area contributed by atoms with Gasteiger partial charge in [-0.1, -0.05) is 0 Å². The average molecular weight is 431 g/mol. The molecule has 23 heavy (non-hydrogen) atoms. The largest absolute Gasteiger partial charge is 0.441 e. The summed E-state index contributed by atoms with van der Waals surface area (Å²) in [5.74, 6) is -2.91. The van der Waals surface area contributed by atoms with E-state index < -0.39 is 45.0 Å². The van der Waals surface area contributed by atoms with E-state index in [-0.39, 0.29) is 4.47 Å². The van der Waals surface area contributed by atoms with Gasteiger partial charge >= 0.3 is 27.5 Å². The SMILES string of the molecule is O=C(OC(C(F)(F)F)C(F)(F)S(=O)(=O)O)c1ccc(F)c(Br)c1. The van der Waals surface area contributed by atoms with E-state index in [0.717, 1.165) is 0 Å². The van der Waals surface area contributed by atoms with Gasteiger partial charge in [-0.2, -0.15) is 30.4 Å². The molecule has 1 atom stereocenters. The van der Waals surface area contributed by atoms with Gasteiger partial charge in [-0.3, -0.25) is 4.55 Å². The molecule has 0 amide bonds. The van der Waals surface area contributed by atoms with Crippen molar-refractivity contribution in [2.45, 2.75) is 17.5 Å². The monoisotopic (exact) mass is 430 g/mol. The number of carbonyl (C=O) groups excluding carboxylic acids is 1. The molecule has 0 spiro atoms. The van der Waals surface area contributed by atoms with Crippen LogP contribution in [0.2, 0.25) is 0 Å². The first-order chi connectivity index (χ1) is 10.2. The second-order valence-corrected chi connectivity index (χ2v) is 6.34. The number of hydrogen-bond donors (Lipinski definition) is 1. The number of benzene rings is 1. The highest BCUT2D eigenvalue weighted by Crippen LogP contribution is 2.38. The number of ether oxygens (including phenoxy) is 1. The normalized spacial score (nSPS) is 14.4. The lowest BCUT2D eigenvalue weighted by atomic mass is 10.2. The molecule has 1 aromatic carbocycles. The lowest BCUT2D eigenvalue weighted by molar-refractivity contribution is -0.248. The van der Waals surface area contributed by atoms with Crippen molar-refractivity contribution in [2.24, 2.45) is 0 Å². The lowest BCUT2D eigenvalue weighted by Crippen LogP contribution is -2.52. The Morgan fingerprint density at radius 3 is 2.13 bits per heavy atom. The molecule has 0 aliphatic carbocycles. The van der Waals surface area contributed by atoms with Gasteiger partial charge < -0.3 is 4.74 Å². The Kier molecular flexibility index (Phi) is 5.38. The van der Waals surface area contributed by atoms with Crippen LogP contribution in [0.1, 0.15) is 10.4 Å². The van der Waals surface area contributed by atoms with Gasteiger partial charge in [0.15, 0.2) is 0 Å². The molecule has 0 saturated carbocycles. The zero-order valence-electron chi connectivity index (χ0n) is 10.4. The Morgan fingerprint density at radius 1 is 1.22 bits per heavy atom. The third-order valence-corrected chi connectivity index (χ3v) is 3.84. The summed E-state index contributed by atoms with van der Waals surface area (Å²) in [5.41, 5.74) is -0.765. The van der Waals surface area contributed by atoms with Crippen LogP contribution >= 0.6 is 15.9 Å². The Bertz CT molecular complexity index is 717. The van der Waals surface area contributed by atoms with Gasteiger partial charge in [0, 0.05) is 0 Å². The van der Waals surface area contributed by atoms with Gasteiger partial charge in [-0.05, 0) is 34.1 Å². The number of hydrogen-bond acceptors (Lipinski definition) is 4. The molecule has 5 nitrogen and oxygen atoms in total. The Labute approximate surface area is 133 Å². The molecule has 13 heteroatoms. The molecule has 1 aromatic rings. The van der Waals surface area contributed by atoms with Gasteiger partial charge in [0.1, 0.15) is 5.82 Å². The van der Waals surface area contributed by atoms with E-state index in [4.69, 9.17) is 4.55 Å². The minimum Gasteiger partial charge on any atom is -0.441 e. The minimum atomic E-state index is -6.53. The van der Waals surface area contributed by atoms with Gasteiger partial charge in [0.25, 0.3) is 6.10 Å². The topological polar surface area (TPSA) is 80.7 Å². The fourth-order valence-corrected chi connectivity index (χ4v) is 2.09. The van der Waals surface area contributed by atoms with Gasteiger partial charge in [0.2, 0.25) is 0 Å². The number of alkyl halides is 5. The van der Waals surface area contributed by atoms with Crippen LogP contribution in [-0.2, 0) is 14.9 Å². The van der Waals surface area contributed by atoms with E-state index in [1.54, 1.807) is 0 Å². The molecule has 130 valence electrons. The minimum absolute atomic E-state index is 0.378. The van der Waals surface area contributed by atoms with Crippen LogP contribution in [0.5, 0.6) is 0 Å². The van der Waals surface area contributed by atoms with Crippen LogP contribution in [0, 0.1) is 5.82 Å². The van der Waals surface area contributed by atoms with E-state index in [9.17, 15) is 39.6 Å². The van der Waals surface area contributed by atoms with Crippen molar-refractivity contribution in [3.8, 4) is 0 Å². The summed E-state index contributed by atoms with van der Waals surface area (Å²) in [6.07, 6.45) is -10.5. The van der Waals surface area contributed by atoms with Crippen LogP contribution < -0.4 is 0 Å². The van der Waals surface area contributed by atoms with Crippen molar-refractivity contribution in [1.82, 2.24) is 0 Å². The molecular formula is C10H5BrF6O5S. The maximum Gasteiger partial charge on any atom is 0.432 e. The Hall–Kier alpha value is -1.34. The van der Waals surface area contributed by atoms with Crippen molar-refractivity contribution >= 4 is 32.0 Å². The van der Waals surface area contributed by atoms with Crippen molar-refractivity contribution in [2.75, 3.05) is 0 Å². The summed E-state index contributed by atoms with van der Waals surface area (Å²) in [7, 11) is -6.53. The van der Waals surface area contributed by atoms with E-state index >= 15 is 0 Å². The fourth-order valence-electron chi connectivity index (χ4n) is 1.26. The highest BCUT2D eigenvalue weighted by Gasteiger charge is 2.66. The van der Waals surface area contributed by atoms with E-state index in [1.165, 1.54) is 0 Å². The molecule has 1 N–H and O–H groups in total. The third-order valence-electron chi connectivity index (χ3n) is 2.33. The maximum absolute atomic E-state index is 13.2. The van der Waals surface area contributed by atoms with E-state index in [2.05, 4.69) is 20.7 Å². The smallest absolute Gasteiger partial charge is 0.432 e. The first kappa shape index (κ1) is 19.7. The van der Waals surface area contributed by atoms with Gasteiger partial charge in [-0.15, -0.1) is 0 Å². The van der Waals surface area contributed by atoms with Crippen LogP contribution in [0.3, 0.4) is 0 Å². The summed E-state index contributed by atoms with van der Waals surface area (Å²) < 4.78 is 109. The summed E-state index contributed by atoms with van der Waals surface area (Å²) in [6, 6.07) is 1.89. The van der Waals surface area contributed by atoms with Crippen molar-refractivity contribution in [3.63, 3.8) is 0 Å². The summed E-state index contributed by atoms with van der Waals surface area (Å²) in [5, 5.41) is -5.84. The number of esters is 1. The predicted molar refractivity (Wildman–Crippen MR) is 65.9 cm³/mol. The predicted octanol–water partition coefficient (Wildman–Crippen LogP) is 3.16.